The van der Waals surface area contributed by atoms with Crippen LogP contribution in [0.25, 0.3) is 17.4 Å². The van der Waals surface area contributed by atoms with Gasteiger partial charge < -0.3 is 4.42 Å². The fourth-order valence-electron chi connectivity index (χ4n) is 3.41. The highest BCUT2D eigenvalue weighted by atomic mass is 35.5. The standard InChI is InChI=1S/C24H23ClN2O3/c1-3-4-5-8-13-27-23(28)19(16(2)20(15-26)24(27)29)14-17-11-12-22(30-17)18-9-6-7-10-21(18)25/h6-7,9-12,14H,3-5,8,13H2,1-2H3/b19-14+. The second kappa shape index (κ2) is 9.60. The van der Waals surface area contributed by atoms with Gasteiger partial charge in [-0.3, -0.25) is 14.5 Å². The molecule has 2 heterocycles. The zero-order valence-electron chi connectivity index (χ0n) is 17.1. The van der Waals surface area contributed by atoms with Crippen molar-refractivity contribution in [1.29, 1.82) is 5.26 Å². The van der Waals surface area contributed by atoms with E-state index in [4.69, 9.17) is 16.0 Å². The zero-order chi connectivity index (χ0) is 21.7. The Morgan fingerprint density at radius 1 is 1.10 bits per heavy atom. The van der Waals surface area contributed by atoms with Gasteiger partial charge in [-0.1, -0.05) is 49.9 Å². The minimum absolute atomic E-state index is 0.00535. The third kappa shape index (κ3) is 4.39. The van der Waals surface area contributed by atoms with Gasteiger partial charge in [0.1, 0.15) is 23.2 Å². The Labute approximate surface area is 181 Å². The number of hydrogen-bond donors (Lipinski definition) is 0. The molecule has 30 heavy (non-hydrogen) atoms. The van der Waals surface area contributed by atoms with Crippen LogP contribution in [0.1, 0.15) is 45.3 Å². The summed E-state index contributed by atoms with van der Waals surface area (Å²) in [5.41, 5.74) is 1.40. The largest absolute Gasteiger partial charge is 0.457 e. The van der Waals surface area contributed by atoms with E-state index in [1.54, 1.807) is 31.2 Å². The molecule has 1 aromatic heterocycles. The molecular weight excluding hydrogens is 400 g/mol. The number of carbonyl (C=O) groups is 2. The van der Waals surface area contributed by atoms with Gasteiger partial charge in [-0.05, 0) is 49.3 Å². The first-order valence-corrected chi connectivity index (χ1v) is 10.4. The van der Waals surface area contributed by atoms with E-state index >= 15 is 0 Å². The molecule has 0 saturated carbocycles. The Bertz CT molecular complexity index is 1070. The molecule has 2 aromatic rings. The van der Waals surface area contributed by atoms with Crippen molar-refractivity contribution in [3.05, 3.63) is 63.9 Å². The Morgan fingerprint density at radius 3 is 2.57 bits per heavy atom. The van der Waals surface area contributed by atoms with E-state index in [0.29, 0.717) is 40.7 Å². The van der Waals surface area contributed by atoms with Crippen LogP contribution < -0.4 is 0 Å². The third-order valence-electron chi connectivity index (χ3n) is 5.11. The molecule has 6 heteroatoms. The maximum atomic E-state index is 13.0. The summed E-state index contributed by atoms with van der Waals surface area (Å²) in [6, 6.07) is 12.8. The van der Waals surface area contributed by atoms with Gasteiger partial charge in [0, 0.05) is 17.7 Å². The maximum Gasteiger partial charge on any atom is 0.271 e. The first kappa shape index (κ1) is 21.6. The van der Waals surface area contributed by atoms with Crippen LogP contribution in [0.4, 0.5) is 0 Å². The van der Waals surface area contributed by atoms with Crippen LogP contribution in [0.5, 0.6) is 0 Å². The average molecular weight is 423 g/mol. The normalized spacial score (nSPS) is 15.8. The first-order valence-electron chi connectivity index (χ1n) is 10.0. The molecule has 0 radical (unpaired) electrons. The van der Waals surface area contributed by atoms with Gasteiger partial charge in [0.15, 0.2) is 0 Å². The van der Waals surface area contributed by atoms with Crippen molar-refractivity contribution >= 4 is 29.5 Å². The van der Waals surface area contributed by atoms with Crippen LogP contribution in [-0.4, -0.2) is 23.3 Å². The maximum absolute atomic E-state index is 13.0. The summed E-state index contributed by atoms with van der Waals surface area (Å²) >= 11 is 6.23. The number of unbranched alkanes of at least 4 members (excludes halogenated alkanes) is 3. The monoisotopic (exact) mass is 422 g/mol. The summed E-state index contributed by atoms with van der Waals surface area (Å²) in [6.45, 7) is 4.02. The molecule has 3 rings (SSSR count). The molecule has 154 valence electrons. The van der Waals surface area contributed by atoms with Gasteiger partial charge in [0.2, 0.25) is 0 Å². The molecule has 5 nitrogen and oxygen atoms in total. The van der Waals surface area contributed by atoms with E-state index in [0.717, 1.165) is 24.8 Å². The van der Waals surface area contributed by atoms with Gasteiger partial charge in [-0.15, -0.1) is 0 Å². The lowest BCUT2D eigenvalue weighted by Crippen LogP contribution is -2.43. The Morgan fingerprint density at radius 2 is 1.87 bits per heavy atom. The minimum atomic E-state index is -0.523. The van der Waals surface area contributed by atoms with Gasteiger partial charge in [-0.25, -0.2) is 0 Å². The molecule has 1 aliphatic rings. The minimum Gasteiger partial charge on any atom is -0.457 e. The molecule has 0 aliphatic carbocycles. The quantitative estimate of drug-likeness (QED) is 0.322. The number of halogens is 1. The summed E-state index contributed by atoms with van der Waals surface area (Å²) in [7, 11) is 0. The van der Waals surface area contributed by atoms with E-state index in [-0.39, 0.29) is 5.57 Å². The number of amides is 2. The van der Waals surface area contributed by atoms with Crippen LogP contribution in [0.2, 0.25) is 5.02 Å². The number of imide groups is 1. The number of nitriles is 1. The third-order valence-corrected chi connectivity index (χ3v) is 5.44. The molecule has 1 aliphatic heterocycles. The van der Waals surface area contributed by atoms with Crippen molar-refractivity contribution in [2.75, 3.05) is 6.54 Å². The fraction of sp³-hybridized carbons (Fsp3) is 0.292. The van der Waals surface area contributed by atoms with Gasteiger partial charge >= 0.3 is 0 Å². The van der Waals surface area contributed by atoms with Crippen LogP contribution in [-0.2, 0) is 9.59 Å². The molecule has 1 aromatic carbocycles. The molecule has 0 spiro atoms. The summed E-state index contributed by atoms with van der Waals surface area (Å²) in [5, 5.41) is 10.0. The van der Waals surface area contributed by atoms with Crippen LogP contribution in [0.3, 0.4) is 0 Å². The summed E-state index contributed by atoms with van der Waals surface area (Å²) in [6.07, 6.45) is 5.32. The Balaban J connectivity index is 1.93. The van der Waals surface area contributed by atoms with Crippen LogP contribution in [0, 0.1) is 11.3 Å². The first-order chi connectivity index (χ1) is 14.5. The van der Waals surface area contributed by atoms with E-state index in [2.05, 4.69) is 6.92 Å². The summed E-state index contributed by atoms with van der Waals surface area (Å²) < 4.78 is 5.87. The van der Waals surface area contributed by atoms with Crippen molar-refractivity contribution in [2.24, 2.45) is 0 Å². The average Bonchev–Trinajstić information content (AvgIpc) is 3.20. The van der Waals surface area contributed by atoms with E-state index in [1.807, 2.05) is 24.3 Å². The van der Waals surface area contributed by atoms with Gasteiger partial charge in [0.05, 0.1) is 5.02 Å². The predicted octanol–water partition coefficient (Wildman–Crippen LogP) is 5.77. The van der Waals surface area contributed by atoms with E-state index in [1.165, 1.54) is 4.90 Å². The Hall–Kier alpha value is -3.10. The molecule has 0 saturated heterocycles. The molecule has 0 unspecified atom stereocenters. The lowest BCUT2D eigenvalue weighted by Gasteiger charge is -2.27. The van der Waals surface area contributed by atoms with Crippen LogP contribution >= 0.6 is 11.6 Å². The van der Waals surface area contributed by atoms with Crippen molar-refractivity contribution in [3.63, 3.8) is 0 Å². The molecule has 0 atom stereocenters. The number of furan rings is 1. The summed E-state index contributed by atoms with van der Waals surface area (Å²) in [4.78, 5) is 26.8. The van der Waals surface area contributed by atoms with E-state index < -0.39 is 11.8 Å². The van der Waals surface area contributed by atoms with Crippen molar-refractivity contribution in [3.8, 4) is 17.4 Å². The van der Waals surface area contributed by atoms with Gasteiger partial charge in [0.25, 0.3) is 11.8 Å². The molecule has 2 amide bonds. The zero-order valence-corrected chi connectivity index (χ0v) is 17.8. The van der Waals surface area contributed by atoms with Gasteiger partial charge in [-0.2, -0.15) is 5.26 Å². The lowest BCUT2D eigenvalue weighted by atomic mass is 9.94. The predicted molar refractivity (Wildman–Crippen MR) is 116 cm³/mol. The van der Waals surface area contributed by atoms with E-state index in [9.17, 15) is 14.9 Å². The molecular formula is C24H23ClN2O3. The lowest BCUT2D eigenvalue weighted by molar-refractivity contribution is -0.140. The second-order valence-corrected chi connectivity index (χ2v) is 7.58. The van der Waals surface area contributed by atoms with Crippen molar-refractivity contribution < 1.29 is 14.0 Å². The molecule has 0 N–H and O–H groups in total. The highest BCUT2D eigenvalue weighted by Crippen LogP contribution is 2.32. The smallest absolute Gasteiger partial charge is 0.271 e. The number of carbonyl (C=O) groups excluding carboxylic acids is 2. The Kier molecular flexibility index (Phi) is 6.91. The molecule has 0 bridgehead atoms. The number of nitrogens with zero attached hydrogens (tertiary/aromatic N) is 2. The highest BCUT2D eigenvalue weighted by Gasteiger charge is 2.35. The fourth-order valence-corrected chi connectivity index (χ4v) is 3.64. The topological polar surface area (TPSA) is 74.3 Å². The van der Waals surface area contributed by atoms with Crippen LogP contribution in [0.15, 0.2) is 57.5 Å². The number of hydrogen-bond acceptors (Lipinski definition) is 4. The SMILES string of the molecule is CCCCCCN1C(=O)C(C#N)=C(C)/C(=C\c2ccc(-c3ccccc3Cl)o2)C1=O. The molecule has 0 fully saturated rings. The number of benzene rings is 1. The van der Waals surface area contributed by atoms with Crippen molar-refractivity contribution in [1.82, 2.24) is 4.90 Å². The number of rotatable bonds is 7. The highest BCUT2D eigenvalue weighted by molar-refractivity contribution is 6.33. The summed E-state index contributed by atoms with van der Waals surface area (Å²) in [5.74, 6) is 0.101. The second-order valence-electron chi connectivity index (χ2n) is 7.17. The van der Waals surface area contributed by atoms with Crippen molar-refractivity contribution in [2.45, 2.75) is 39.5 Å².